The normalized spacial score (nSPS) is 21.1. The zero-order chi connectivity index (χ0) is 23.2. The van der Waals surface area contributed by atoms with Crippen LogP contribution in [0, 0.1) is 0 Å². The van der Waals surface area contributed by atoms with Gasteiger partial charge in [-0.15, -0.1) is 0 Å². The summed E-state index contributed by atoms with van der Waals surface area (Å²) in [4.78, 5) is 15.5. The molecule has 0 spiro atoms. The molecule has 3 nitrogen and oxygen atoms in total. The van der Waals surface area contributed by atoms with Crippen molar-refractivity contribution in [3.05, 3.63) is 106 Å². The third-order valence-electron chi connectivity index (χ3n) is 7.46. The van der Waals surface area contributed by atoms with Gasteiger partial charge in [0.2, 0.25) is 0 Å². The number of ether oxygens (including phenoxy) is 1. The maximum Gasteiger partial charge on any atom is 0.340 e. The van der Waals surface area contributed by atoms with Gasteiger partial charge in [-0.2, -0.15) is 0 Å². The van der Waals surface area contributed by atoms with Crippen molar-refractivity contribution in [1.82, 2.24) is 0 Å². The number of anilines is 1. The third-order valence-corrected chi connectivity index (χ3v) is 7.46. The molecule has 0 radical (unpaired) electrons. The zero-order valence-corrected chi connectivity index (χ0v) is 19.9. The van der Waals surface area contributed by atoms with Crippen LogP contribution in [-0.4, -0.2) is 19.1 Å². The second kappa shape index (κ2) is 8.22. The fourth-order valence-corrected chi connectivity index (χ4v) is 5.90. The number of esters is 1. The maximum absolute atomic E-state index is 13.2. The molecule has 2 atom stereocenters. The summed E-state index contributed by atoms with van der Waals surface area (Å²) in [6, 6.07) is 25.1. The van der Waals surface area contributed by atoms with Gasteiger partial charge in [0, 0.05) is 41.4 Å². The number of fused-ring (bicyclic) bond motifs is 2. The summed E-state index contributed by atoms with van der Waals surface area (Å²) in [5.74, 6) is 0.0747. The largest absolute Gasteiger partial charge is 0.441 e. The minimum Gasteiger partial charge on any atom is -0.441 e. The first kappa shape index (κ1) is 21.5. The minimum atomic E-state index is -0.945. The smallest absolute Gasteiger partial charge is 0.340 e. The Bertz CT molecular complexity index is 1240. The molecule has 168 valence electrons. The van der Waals surface area contributed by atoms with Crippen LogP contribution in [0.2, 0.25) is 0 Å². The lowest BCUT2D eigenvalue weighted by Gasteiger charge is -2.33. The van der Waals surface area contributed by atoms with Crippen molar-refractivity contribution in [1.29, 1.82) is 0 Å². The molecular weight excluding hydrogens is 406 g/mol. The highest BCUT2D eigenvalue weighted by atomic mass is 16.6. The first-order chi connectivity index (χ1) is 16.1. The van der Waals surface area contributed by atoms with Crippen LogP contribution in [0.3, 0.4) is 0 Å². The van der Waals surface area contributed by atoms with Crippen molar-refractivity contribution < 1.29 is 9.53 Å². The maximum atomic E-state index is 13.2. The Kier molecular flexibility index (Phi) is 5.36. The van der Waals surface area contributed by atoms with Gasteiger partial charge in [-0.3, -0.25) is 0 Å². The number of hydrogen-bond donors (Lipinski definition) is 0. The van der Waals surface area contributed by atoms with Gasteiger partial charge in [0.1, 0.15) is 0 Å². The number of allylic oxidation sites excluding steroid dienone is 1. The molecule has 2 aliphatic rings. The summed E-state index contributed by atoms with van der Waals surface area (Å²) in [6.07, 6.45) is 1.01. The van der Waals surface area contributed by atoms with Gasteiger partial charge in [-0.05, 0) is 56.5 Å². The number of benzene rings is 3. The lowest BCUT2D eigenvalue weighted by molar-refractivity contribution is 0.0302. The average molecular weight is 438 g/mol. The van der Waals surface area contributed by atoms with Crippen molar-refractivity contribution in [2.24, 2.45) is 0 Å². The van der Waals surface area contributed by atoms with Gasteiger partial charge in [0.25, 0.3) is 0 Å². The molecule has 0 fully saturated rings. The molecule has 0 saturated heterocycles. The second-order valence-electron chi connectivity index (χ2n) is 8.94. The number of carbonyl (C=O) groups is 1. The Balaban J connectivity index is 1.79. The van der Waals surface area contributed by atoms with Gasteiger partial charge in [0.15, 0.2) is 5.60 Å². The lowest BCUT2D eigenvalue weighted by Crippen LogP contribution is -2.30. The molecule has 3 heteroatoms. The topological polar surface area (TPSA) is 29.5 Å². The van der Waals surface area contributed by atoms with Crippen LogP contribution in [0.15, 0.2) is 78.4 Å². The van der Waals surface area contributed by atoms with Crippen LogP contribution in [0.25, 0.3) is 5.57 Å². The lowest BCUT2D eigenvalue weighted by atomic mass is 9.76. The van der Waals surface area contributed by atoms with Crippen molar-refractivity contribution in [3.63, 3.8) is 0 Å². The number of nitrogens with zero attached hydrogens (tertiary/aromatic N) is 1. The first-order valence-electron chi connectivity index (χ1n) is 12.1. The molecule has 2 unspecified atom stereocenters. The number of hydrogen-bond acceptors (Lipinski definition) is 3. The molecule has 0 saturated carbocycles. The monoisotopic (exact) mass is 437 g/mol. The van der Waals surface area contributed by atoms with E-state index >= 15 is 0 Å². The molecule has 0 bridgehead atoms. The Morgan fingerprint density at radius 2 is 1.48 bits per heavy atom. The van der Waals surface area contributed by atoms with E-state index in [0.29, 0.717) is 11.5 Å². The van der Waals surface area contributed by atoms with E-state index in [4.69, 9.17) is 4.74 Å². The van der Waals surface area contributed by atoms with Crippen LogP contribution < -0.4 is 4.90 Å². The molecule has 1 aliphatic carbocycles. The Hall–Kier alpha value is -3.33. The van der Waals surface area contributed by atoms with Crippen LogP contribution in [0.1, 0.15) is 72.6 Å². The second-order valence-corrected chi connectivity index (χ2v) is 8.94. The van der Waals surface area contributed by atoms with Gasteiger partial charge in [0.05, 0.1) is 5.56 Å². The molecule has 5 rings (SSSR count). The predicted octanol–water partition coefficient (Wildman–Crippen LogP) is 6.93. The van der Waals surface area contributed by atoms with Crippen LogP contribution >= 0.6 is 0 Å². The van der Waals surface area contributed by atoms with E-state index in [-0.39, 0.29) is 5.97 Å². The van der Waals surface area contributed by atoms with Gasteiger partial charge < -0.3 is 9.64 Å². The molecule has 3 aromatic carbocycles. The van der Waals surface area contributed by atoms with E-state index in [0.717, 1.165) is 36.2 Å². The van der Waals surface area contributed by atoms with E-state index in [1.54, 1.807) is 0 Å². The molecular formula is C30H31NO2. The molecule has 1 aliphatic heterocycles. The van der Waals surface area contributed by atoms with Crippen LogP contribution in [0.5, 0.6) is 0 Å². The highest BCUT2D eigenvalue weighted by Crippen LogP contribution is 2.57. The highest BCUT2D eigenvalue weighted by Gasteiger charge is 2.53. The van der Waals surface area contributed by atoms with E-state index in [2.05, 4.69) is 87.2 Å². The highest BCUT2D eigenvalue weighted by molar-refractivity contribution is 6.01. The molecule has 0 amide bonds. The third kappa shape index (κ3) is 3.06. The van der Waals surface area contributed by atoms with Crippen molar-refractivity contribution >= 4 is 17.2 Å². The summed E-state index contributed by atoms with van der Waals surface area (Å²) >= 11 is 0. The Labute approximate surface area is 196 Å². The van der Waals surface area contributed by atoms with E-state index in [9.17, 15) is 4.79 Å². The van der Waals surface area contributed by atoms with Crippen molar-refractivity contribution in [2.45, 2.75) is 45.6 Å². The minimum absolute atomic E-state index is 0.254. The summed E-state index contributed by atoms with van der Waals surface area (Å²) < 4.78 is 6.45. The van der Waals surface area contributed by atoms with Crippen LogP contribution in [-0.2, 0) is 10.3 Å². The SMILES string of the molecule is CCC1C(C)=C(C2(c3ccc(N(CC)CC)cc3)OC(=O)c3ccccc32)c2ccccc21. The van der Waals surface area contributed by atoms with Crippen molar-refractivity contribution in [3.8, 4) is 0 Å². The summed E-state index contributed by atoms with van der Waals surface area (Å²) in [5, 5.41) is 0. The van der Waals surface area contributed by atoms with Gasteiger partial charge in [-0.25, -0.2) is 4.79 Å². The molecule has 3 aromatic rings. The number of cyclic esters (lactones) is 1. The molecule has 0 aromatic heterocycles. The fraction of sp³-hybridized carbons (Fsp3) is 0.300. The fourth-order valence-electron chi connectivity index (χ4n) is 5.90. The van der Waals surface area contributed by atoms with E-state index < -0.39 is 5.60 Å². The van der Waals surface area contributed by atoms with Gasteiger partial charge >= 0.3 is 5.97 Å². The summed E-state index contributed by atoms with van der Waals surface area (Å²) in [5.41, 5.74) is 7.76. The Morgan fingerprint density at radius 3 is 2.15 bits per heavy atom. The molecule has 1 heterocycles. The van der Waals surface area contributed by atoms with Crippen molar-refractivity contribution in [2.75, 3.05) is 18.0 Å². The van der Waals surface area contributed by atoms with E-state index in [1.165, 1.54) is 22.4 Å². The molecule has 0 N–H and O–H groups in total. The first-order valence-corrected chi connectivity index (χ1v) is 12.1. The van der Waals surface area contributed by atoms with Crippen LogP contribution in [0.4, 0.5) is 5.69 Å². The summed E-state index contributed by atoms with van der Waals surface area (Å²) in [6.45, 7) is 10.7. The average Bonchev–Trinajstić information content (AvgIpc) is 3.31. The predicted molar refractivity (Wildman–Crippen MR) is 135 cm³/mol. The standard InChI is InChI=1S/C30H31NO2/c1-5-23-20(4)28(25-13-9-8-12-24(23)25)30(27-15-11-10-14-26(27)29(32)33-30)21-16-18-22(19-17-21)31(6-2)7-3/h8-19,23H,5-7H2,1-4H3. The quantitative estimate of drug-likeness (QED) is 0.392. The molecule has 33 heavy (non-hydrogen) atoms. The zero-order valence-electron chi connectivity index (χ0n) is 19.9. The number of rotatable bonds is 6. The van der Waals surface area contributed by atoms with E-state index in [1.807, 2.05) is 18.2 Å². The van der Waals surface area contributed by atoms with Gasteiger partial charge in [-0.1, -0.05) is 67.1 Å². The summed E-state index contributed by atoms with van der Waals surface area (Å²) in [7, 11) is 0. The Morgan fingerprint density at radius 1 is 0.848 bits per heavy atom. The number of carbonyl (C=O) groups excluding carboxylic acids is 1.